The molecule has 0 aliphatic heterocycles. The van der Waals surface area contributed by atoms with E-state index in [4.69, 9.17) is 10.00 Å². The number of benzene rings is 1. The average Bonchev–Trinajstić information content (AvgIpc) is 2.69. The second-order valence-corrected chi connectivity index (χ2v) is 5.84. The van der Waals surface area contributed by atoms with Crippen LogP contribution in [0.5, 0.6) is 5.75 Å². The Morgan fingerprint density at radius 1 is 1.30 bits per heavy atom. The van der Waals surface area contributed by atoms with Crippen LogP contribution in [0, 0.1) is 17.2 Å². The monoisotopic (exact) mass is 272 g/mol. The highest BCUT2D eigenvalue weighted by atomic mass is 16.5. The fourth-order valence-electron chi connectivity index (χ4n) is 2.91. The van der Waals surface area contributed by atoms with Crippen molar-refractivity contribution < 1.29 is 4.74 Å². The van der Waals surface area contributed by atoms with E-state index >= 15 is 0 Å². The van der Waals surface area contributed by atoms with Gasteiger partial charge in [-0.2, -0.15) is 5.26 Å². The summed E-state index contributed by atoms with van der Waals surface area (Å²) >= 11 is 0. The first-order chi connectivity index (χ1) is 9.72. The summed E-state index contributed by atoms with van der Waals surface area (Å²) in [6.45, 7) is 3.18. The molecular weight excluding hydrogens is 248 g/mol. The number of nitrogens with one attached hydrogen (secondary N) is 1. The largest absolute Gasteiger partial charge is 0.495 e. The maximum absolute atomic E-state index is 9.11. The van der Waals surface area contributed by atoms with Crippen molar-refractivity contribution in [1.29, 1.82) is 5.26 Å². The summed E-state index contributed by atoms with van der Waals surface area (Å²) in [5, 5.41) is 12.7. The van der Waals surface area contributed by atoms with E-state index < -0.39 is 0 Å². The fourth-order valence-corrected chi connectivity index (χ4v) is 2.91. The van der Waals surface area contributed by atoms with Crippen molar-refractivity contribution in [2.24, 2.45) is 5.92 Å². The van der Waals surface area contributed by atoms with Crippen LogP contribution in [0.1, 0.15) is 50.2 Å². The molecule has 1 fully saturated rings. The molecule has 2 unspecified atom stereocenters. The first kappa shape index (κ1) is 14.9. The molecule has 1 aliphatic rings. The molecule has 2 rings (SSSR count). The van der Waals surface area contributed by atoms with Crippen LogP contribution in [0.3, 0.4) is 0 Å². The predicted molar refractivity (Wildman–Crippen MR) is 80.6 cm³/mol. The second-order valence-electron chi connectivity index (χ2n) is 5.84. The zero-order valence-electron chi connectivity index (χ0n) is 12.5. The molecule has 3 heteroatoms. The number of nitrogens with zero attached hydrogens (tertiary/aromatic N) is 1. The third kappa shape index (κ3) is 3.98. The Morgan fingerprint density at radius 3 is 2.90 bits per heavy atom. The standard InChI is InChI=1S/C17H24N2O/c1-13-4-3-5-16(8-6-13)19-12-14-7-9-17(20-2)15(10-14)11-18/h7,9-10,13,16,19H,3-6,8,12H2,1-2H3. The van der Waals surface area contributed by atoms with Crippen LogP contribution >= 0.6 is 0 Å². The van der Waals surface area contributed by atoms with Crippen molar-refractivity contribution in [1.82, 2.24) is 5.32 Å². The van der Waals surface area contributed by atoms with E-state index in [1.54, 1.807) is 7.11 Å². The van der Waals surface area contributed by atoms with Crippen LogP contribution in [0.2, 0.25) is 0 Å². The van der Waals surface area contributed by atoms with Gasteiger partial charge in [0.2, 0.25) is 0 Å². The van der Waals surface area contributed by atoms with Crippen molar-refractivity contribution in [3.05, 3.63) is 29.3 Å². The van der Waals surface area contributed by atoms with E-state index in [0.717, 1.165) is 18.0 Å². The minimum Gasteiger partial charge on any atom is -0.495 e. The summed E-state index contributed by atoms with van der Waals surface area (Å²) in [6, 6.07) is 8.64. The van der Waals surface area contributed by atoms with Gasteiger partial charge in [0.25, 0.3) is 0 Å². The third-order valence-electron chi connectivity index (χ3n) is 4.24. The molecule has 0 aromatic heterocycles. The van der Waals surface area contributed by atoms with E-state index in [1.165, 1.54) is 32.1 Å². The van der Waals surface area contributed by atoms with Crippen LogP contribution in [-0.4, -0.2) is 13.2 Å². The highest BCUT2D eigenvalue weighted by molar-refractivity contribution is 5.45. The minimum absolute atomic E-state index is 0.612. The number of nitriles is 1. The van der Waals surface area contributed by atoms with Gasteiger partial charge in [-0.3, -0.25) is 0 Å². The molecule has 108 valence electrons. The molecular formula is C17H24N2O. The highest BCUT2D eigenvalue weighted by Crippen LogP contribution is 2.23. The molecule has 1 aromatic rings. The second kappa shape index (κ2) is 7.31. The van der Waals surface area contributed by atoms with Crippen molar-refractivity contribution in [3.63, 3.8) is 0 Å². The minimum atomic E-state index is 0.612. The number of methoxy groups -OCH3 is 1. The molecule has 1 saturated carbocycles. The van der Waals surface area contributed by atoms with E-state index in [2.05, 4.69) is 18.3 Å². The first-order valence-corrected chi connectivity index (χ1v) is 7.53. The summed E-state index contributed by atoms with van der Waals surface area (Å²) in [7, 11) is 1.60. The van der Waals surface area contributed by atoms with Crippen LogP contribution in [0.4, 0.5) is 0 Å². The first-order valence-electron chi connectivity index (χ1n) is 7.53. The maximum atomic E-state index is 9.11. The third-order valence-corrected chi connectivity index (χ3v) is 4.24. The van der Waals surface area contributed by atoms with Crippen molar-refractivity contribution in [2.45, 2.75) is 51.6 Å². The van der Waals surface area contributed by atoms with Gasteiger partial charge >= 0.3 is 0 Å². The summed E-state index contributed by atoms with van der Waals surface area (Å²) in [6.07, 6.45) is 6.54. The van der Waals surface area contributed by atoms with Gasteiger partial charge in [-0.25, -0.2) is 0 Å². The Morgan fingerprint density at radius 2 is 2.15 bits per heavy atom. The Labute approximate surface area is 121 Å². The molecule has 0 saturated heterocycles. The average molecular weight is 272 g/mol. The molecule has 0 radical (unpaired) electrons. The van der Waals surface area contributed by atoms with Gasteiger partial charge in [0, 0.05) is 12.6 Å². The Balaban J connectivity index is 1.92. The van der Waals surface area contributed by atoms with E-state index in [9.17, 15) is 0 Å². The van der Waals surface area contributed by atoms with E-state index in [0.29, 0.717) is 17.4 Å². The number of hydrogen-bond acceptors (Lipinski definition) is 3. The van der Waals surface area contributed by atoms with Crippen LogP contribution < -0.4 is 10.1 Å². The molecule has 1 aliphatic carbocycles. The Bertz CT molecular complexity index is 478. The number of hydrogen-bond donors (Lipinski definition) is 1. The quantitative estimate of drug-likeness (QED) is 0.851. The lowest BCUT2D eigenvalue weighted by atomic mass is 10.0. The molecule has 0 spiro atoms. The molecule has 0 heterocycles. The molecule has 0 bridgehead atoms. The van der Waals surface area contributed by atoms with Gasteiger partial charge in [0.05, 0.1) is 12.7 Å². The van der Waals surface area contributed by atoms with E-state index in [-0.39, 0.29) is 0 Å². The summed E-state index contributed by atoms with van der Waals surface area (Å²) in [4.78, 5) is 0. The smallest absolute Gasteiger partial charge is 0.136 e. The van der Waals surface area contributed by atoms with Crippen LogP contribution in [0.25, 0.3) is 0 Å². The number of ether oxygens (including phenoxy) is 1. The summed E-state index contributed by atoms with van der Waals surface area (Å²) < 4.78 is 5.17. The van der Waals surface area contributed by atoms with Crippen molar-refractivity contribution >= 4 is 0 Å². The van der Waals surface area contributed by atoms with Crippen molar-refractivity contribution in [2.75, 3.05) is 7.11 Å². The van der Waals surface area contributed by atoms with Gasteiger partial charge in [-0.15, -0.1) is 0 Å². The topological polar surface area (TPSA) is 45.0 Å². The van der Waals surface area contributed by atoms with Gasteiger partial charge in [0.1, 0.15) is 11.8 Å². The SMILES string of the molecule is COc1ccc(CNC2CCCC(C)CC2)cc1C#N. The van der Waals surface area contributed by atoms with Gasteiger partial charge in [0.15, 0.2) is 0 Å². The lowest BCUT2D eigenvalue weighted by Gasteiger charge is -2.16. The van der Waals surface area contributed by atoms with Crippen molar-refractivity contribution in [3.8, 4) is 11.8 Å². The lowest BCUT2D eigenvalue weighted by Crippen LogP contribution is -2.28. The molecule has 0 amide bonds. The molecule has 1 aromatic carbocycles. The van der Waals surface area contributed by atoms with Gasteiger partial charge in [-0.05, 0) is 42.9 Å². The zero-order valence-corrected chi connectivity index (χ0v) is 12.5. The molecule has 3 nitrogen and oxygen atoms in total. The van der Waals surface area contributed by atoms with E-state index in [1.807, 2.05) is 18.2 Å². The Kier molecular flexibility index (Phi) is 5.43. The molecule has 2 atom stereocenters. The van der Waals surface area contributed by atoms with Crippen LogP contribution in [0.15, 0.2) is 18.2 Å². The molecule has 20 heavy (non-hydrogen) atoms. The maximum Gasteiger partial charge on any atom is 0.136 e. The van der Waals surface area contributed by atoms with Gasteiger partial charge in [-0.1, -0.05) is 25.8 Å². The lowest BCUT2D eigenvalue weighted by molar-refractivity contribution is 0.413. The Hall–Kier alpha value is -1.53. The highest BCUT2D eigenvalue weighted by Gasteiger charge is 2.15. The number of rotatable bonds is 4. The van der Waals surface area contributed by atoms with Crippen LogP contribution in [-0.2, 0) is 6.54 Å². The normalized spacial score (nSPS) is 22.9. The molecule has 1 N–H and O–H groups in total. The van der Waals surface area contributed by atoms with Gasteiger partial charge < -0.3 is 10.1 Å². The summed E-state index contributed by atoms with van der Waals surface area (Å²) in [5.41, 5.74) is 1.76. The summed E-state index contributed by atoms with van der Waals surface area (Å²) in [5.74, 6) is 1.52. The zero-order chi connectivity index (χ0) is 14.4. The predicted octanol–water partition coefficient (Wildman–Crippen LogP) is 3.63. The fraction of sp³-hybridized carbons (Fsp3) is 0.588.